The number of hydrogen-bond acceptors (Lipinski definition) is 4. The predicted molar refractivity (Wildman–Crippen MR) is 70.0 cm³/mol. The summed E-state index contributed by atoms with van der Waals surface area (Å²) in [6.45, 7) is 2.31. The molecule has 0 aromatic carbocycles. The summed E-state index contributed by atoms with van der Waals surface area (Å²) in [4.78, 5) is 24.3. The van der Waals surface area contributed by atoms with Gasteiger partial charge in [0.15, 0.2) is 0 Å². The van der Waals surface area contributed by atoms with Crippen LogP contribution in [0.4, 0.5) is 5.69 Å². The van der Waals surface area contributed by atoms with E-state index in [1.165, 1.54) is 16.8 Å². The second-order valence-electron chi connectivity index (χ2n) is 4.92. The molecule has 1 aliphatic heterocycles. The van der Waals surface area contributed by atoms with Gasteiger partial charge in [-0.3, -0.25) is 14.9 Å². The molecular weight excluding hydrogens is 248 g/mol. The smallest absolute Gasteiger partial charge is 0.287 e. The Morgan fingerprint density at radius 1 is 1.63 bits per heavy atom. The van der Waals surface area contributed by atoms with Crippen molar-refractivity contribution in [2.45, 2.75) is 6.42 Å². The predicted octanol–water partition coefficient (Wildman–Crippen LogP) is 0.615. The quantitative estimate of drug-likeness (QED) is 0.639. The first-order chi connectivity index (χ1) is 9.02. The lowest BCUT2D eigenvalue weighted by molar-refractivity contribution is -0.384. The lowest BCUT2D eigenvalue weighted by Gasteiger charge is -2.16. The van der Waals surface area contributed by atoms with E-state index >= 15 is 0 Å². The molecule has 0 radical (unpaired) electrons. The van der Waals surface area contributed by atoms with Gasteiger partial charge in [-0.15, -0.1) is 0 Å². The number of nitro groups is 1. The Balaban J connectivity index is 2.10. The Kier molecular flexibility index (Phi) is 3.84. The van der Waals surface area contributed by atoms with Crippen LogP contribution in [-0.2, 0) is 7.05 Å². The Morgan fingerprint density at radius 3 is 2.95 bits per heavy atom. The molecule has 104 valence electrons. The van der Waals surface area contributed by atoms with E-state index in [1.807, 2.05) is 7.05 Å². The first-order valence-corrected chi connectivity index (χ1v) is 6.27. The van der Waals surface area contributed by atoms with Gasteiger partial charge in [0.25, 0.3) is 11.6 Å². The molecule has 0 bridgehead atoms. The molecule has 2 heterocycles. The Bertz CT molecular complexity index is 497. The SMILES string of the molecule is CNCC1CCN(C(=O)c2cc([N+](=O)[O-])cn2C)C1. The lowest BCUT2D eigenvalue weighted by Crippen LogP contribution is -2.31. The molecule has 1 amide bonds. The molecule has 0 saturated carbocycles. The maximum atomic E-state index is 12.3. The van der Waals surface area contributed by atoms with Gasteiger partial charge in [0.05, 0.1) is 11.1 Å². The molecule has 1 atom stereocenters. The van der Waals surface area contributed by atoms with Crippen molar-refractivity contribution in [3.8, 4) is 0 Å². The molecule has 2 rings (SSSR count). The number of carbonyl (C=O) groups is 1. The number of carbonyl (C=O) groups excluding carboxylic acids is 1. The summed E-state index contributed by atoms with van der Waals surface area (Å²) >= 11 is 0. The molecular formula is C12H18N4O3. The number of aryl methyl sites for hydroxylation is 1. The molecule has 7 heteroatoms. The maximum Gasteiger partial charge on any atom is 0.287 e. The molecule has 19 heavy (non-hydrogen) atoms. The summed E-state index contributed by atoms with van der Waals surface area (Å²) in [6, 6.07) is 1.34. The van der Waals surface area contributed by atoms with E-state index in [4.69, 9.17) is 0 Å². The van der Waals surface area contributed by atoms with E-state index in [1.54, 1.807) is 11.9 Å². The zero-order valence-corrected chi connectivity index (χ0v) is 11.1. The van der Waals surface area contributed by atoms with Gasteiger partial charge >= 0.3 is 0 Å². The van der Waals surface area contributed by atoms with Gasteiger partial charge in [-0.1, -0.05) is 0 Å². The van der Waals surface area contributed by atoms with E-state index in [9.17, 15) is 14.9 Å². The van der Waals surface area contributed by atoms with E-state index in [0.717, 1.165) is 13.0 Å². The second-order valence-corrected chi connectivity index (χ2v) is 4.92. The topological polar surface area (TPSA) is 80.4 Å². The number of nitrogens with one attached hydrogen (secondary N) is 1. The zero-order valence-electron chi connectivity index (χ0n) is 11.1. The summed E-state index contributed by atoms with van der Waals surface area (Å²) in [7, 11) is 3.55. The highest BCUT2D eigenvalue weighted by atomic mass is 16.6. The van der Waals surface area contributed by atoms with Crippen LogP contribution in [0.5, 0.6) is 0 Å². The number of amides is 1. The van der Waals surface area contributed by atoms with Gasteiger partial charge in [0, 0.05) is 26.2 Å². The van der Waals surface area contributed by atoms with E-state index < -0.39 is 4.92 Å². The van der Waals surface area contributed by atoms with E-state index in [0.29, 0.717) is 24.7 Å². The highest BCUT2D eigenvalue weighted by Crippen LogP contribution is 2.21. The summed E-state index contributed by atoms with van der Waals surface area (Å²) in [5.41, 5.74) is 0.327. The van der Waals surface area contributed by atoms with E-state index in [-0.39, 0.29) is 11.6 Å². The number of nitrogens with zero attached hydrogens (tertiary/aromatic N) is 3. The molecule has 1 fully saturated rings. The zero-order chi connectivity index (χ0) is 14.0. The van der Waals surface area contributed by atoms with Crippen LogP contribution in [0, 0.1) is 16.0 Å². The summed E-state index contributed by atoms with van der Waals surface area (Å²) in [5, 5.41) is 13.8. The molecule has 0 spiro atoms. The van der Waals surface area contributed by atoms with Crippen LogP contribution in [0.1, 0.15) is 16.9 Å². The van der Waals surface area contributed by atoms with Crippen molar-refractivity contribution in [1.29, 1.82) is 0 Å². The molecule has 1 aromatic heterocycles. The van der Waals surface area contributed by atoms with Crippen LogP contribution >= 0.6 is 0 Å². The van der Waals surface area contributed by atoms with Crippen LogP contribution in [0.3, 0.4) is 0 Å². The first kappa shape index (κ1) is 13.5. The first-order valence-electron chi connectivity index (χ1n) is 6.27. The monoisotopic (exact) mass is 266 g/mol. The minimum absolute atomic E-state index is 0.0446. The third-order valence-corrected chi connectivity index (χ3v) is 3.49. The average Bonchev–Trinajstić information content (AvgIpc) is 2.96. The number of aromatic nitrogens is 1. The van der Waals surface area contributed by atoms with Crippen molar-refractivity contribution in [2.24, 2.45) is 13.0 Å². The van der Waals surface area contributed by atoms with Crippen molar-refractivity contribution in [2.75, 3.05) is 26.7 Å². The Morgan fingerprint density at radius 2 is 2.37 bits per heavy atom. The maximum absolute atomic E-state index is 12.3. The van der Waals surface area contributed by atoms with Crippen LogP contribution in [0.15, 0.2) is 12.3 Å². The fourth-order valence-electron chi connectivity index (χ4n) is 2.49. The number of likely N-dealkylation sites (tertiary alicyclic amines) is 1. The van der Waals surface area contributed by atoms with Crippen LogP contribution < -0.4 is 5.32 Å². The van der Waals surface area contributed by atoms with Crippen LogP contribution in [0.2, 0.25) is 0 Å². The van der Waals surface area contributed by atoms with Crippen molar-refractivity contribution in [3.05, 3.63) is 28.1 Å². The van der Waals surface area contributed by atoms with Gasteiger partial charge in [-0.25, -0.2) is 0 Å². The van der Waals surface area contributed by atoms with Crippen molar-refractivity contribution in [3.63, 3.8) is 0 Å². The van der Waals surface area contributed by atoms with Crippen molar-refractivity contribution >= 4 is 11.6 Å². The van der Waals surface area contributed by atoms with Gasteiger partial charge in [0.1, 0.15) is 5.69 Å². The van der Waals surface area contributed by atoms with Gasteiger partial charge in [-0.2, -0.15) is 0 Å². The third kappa shape index (κ3) is 2.76. The van der Waals surface area contributed by atoms with Crippen LogP contribution in [0.25, 0.3) is 0 Å². The van der Waals surface area contributed by atoms with E-state index in [2.05, 4.69) is 5.32 Å². The highest BCUT2D eigenvalue weighted by Gasteiger charge is 2.29. The fraction of sp³-hybridized carbons (Fsp3) is 0.583. The molecule has 0 aliphatic carbocycles. The molecule has 1 aliphatic rings. The minimum Gasteiger partial charge on any atom is -0.340 e. The lowest BCUT2D eigenvalue weighted by atomic mass is 10.1. The molecule has 1 unspecified atom stereocenters. The van der Waals surface area contributed by atoms with Crippen molar-refractivity contribution in [1.82, 2.24) is 14.8 Å². The number of hydrogen-bond donors (Lipinski definition) is 1. The Labute approximate surface area is 111 Å². The molecule has 1 saturated heterocycles. The summed E-state index contributed by atoms with van der Waals surface area (Å²) in [5.74, 6) is 0.332. The standard InChI is InChI=1S/C12H18N4O3/c1-13-6-9-3-4-15(7-9)12(17)11-5-10(16(18)19)8-14(11)2/h5,8-9,13H,3-4,6-7H2,1-2H3. The third-order valence-electron chi connectivity index (χ3n) is 3.49. The largest absolute Gasteiger partial charge is 0.340 e. The fourth-order valence-corrected chi connectivity index (χ4v) is 2.49. The second kappa shape index (κ2) is 5.40. The highest BCUT2D eigenvalue weighted by molar-refractivity contribution is 5.93. The van der Waals surface area contributed by atoms with Gasteiger partial charge in [-0.05, 0) is 25.9 Å². The Hall–Kier alpha value is -1.89. The summed E-state index contributed by atoms with van der Waals surface area (Å²) < 4.78 is 1.52. The average molecular weight is 266 g/mol. The molecule has 1 N–H and O–H groups in total. The van der Waals surface area contributed by atoms with Crippen LogP contribution in [-0.4, -0.2) is 47.0 Å². The summed E-state index contributed by atoms with van der Waals surface area (Å²) in [6.07, 6.45) is 2.34. The number of rotatable bonds is 4. The molecule has 7 nitrogen and oxygen atoms in total. The minimum atomic E-state index is -0.482. The van der Waals surface area contributed by atoms with Crippen molar-refractivity contribution < 1.29 is 9.72 Å². The molecule has 1 aromatic rings. The van der Waals surface area contributed by atoms with Gasteiger partial charge < -0.3 is 14.8 Å². The normalized spacial score (nSPS) is 18.8. The van der Waals surface area contributed by atoms with Gasteiger partial charge in [0.2, 0.25) is 0 Å².